The highest BCUT2D eigenvalue weighted by Crippen LogP contribution is 2.33. The van der Waals surface area contributed by atoms with Gasteiger partial charge in [-0.15, -0.1) is 0 Å². The van der Waals surface area contributed by atoms with Crippen molar-refractivity contribution in [3.05, 3.63) is 34.2 Å². The molecule has 13 heteroatoms. The number of halogens is 3. The minimum Gasteiger partial charge on any atom is -0.443 e. The molecule has 3 rings (SSSR count). The number of aliphatic imine (C=N–C) groups is 1. The largest absolute Gasteiger partial charge is 0.443 e. The number of amides is 2. The third kappa shape index (κ3) is 10.6. The van der Waals surface area contributed by atoms with E-state index >= 15 is 0 Å². The summed E-state index contributed by atoms with van der Waals surface area (Å²) >= 11 is 0. The van der Waals surface area contributed by atoms with Crippen LogP contribution in [0.4, 0.5) is 23.7 Å². The van der Waals surface area contributed by atoms with Crippen molar-refractivity contribution in [3.63, 3.8) is 0 Å². The van der Waals surface area contributed by atoms with E-state index in [0.717, 1.165) is 42.4 Å². The SMILES string of the molecule is Cc1cc(N(C)C(=O)OC(C)(C)C)cc(C)c1/C=C/S(=O)(=O)N1CCC2(CC1)N=C(CCCCCCCCC(F)(F)F)NC2=O. The quantitative estimate of drug-likeness (QED) is 0.243. The number of alkyl halides is 3. The standard InChI is InChI=1S/C32H47F3N4O5S/c1-23-21-25(38(6)29(41)44-30(3,4)5)22-24(2)26(23)14-20-45(42,43)39-18-16-31(17-19-39)28(40)36-27(37-31)13-11-9-7-8-10-12-15-32(33,34)35/h14,20-22H,7-13,15-19H2,1-6H3,(H,36,37,40)/b20-14+. The lowest BCUT2D eigenvalue weighted by Crippen LogP contribution is -2.50. The van der Waals surface area contributed by atoms with Gasteiger partial charge in [-0.25, -0.2) is 13.2 Å². The smallest absolute Gasteiger partial charge is 0.414 e. The zero-order valence-electron chi connectivity index (χ0n) is 27.2. The van der Waals surface area contributed by atoms with Crippen LogP contribution < -0.4 is 10.2 Å². The number of piperidine rings is 1. The lowest BCUT2D eigenvalue weighted by molar-refractivity contribution is -0.135. The molecule has 0 radical (unpaired) electrons. The maximum Gasteiger partial charge on any atom is 0.414 e. The molecule has 2 aliphatic heterocycles. The summed E-state index contributed by atoms with van der Waals surface area (Å²) in [5, 5.41) is 4.04. The number of hydrogen-bond donors (Lipinski definition) is 1. The summed E-state index contributed by atoms with van der Waals surface area (Å²) in [5.41, 5.74) is 1.37. The molecule has 252 valence electrons. The minimum atomic E-state index is -4.10. The van der Waals surface area contributed by atoms with Gasteiger partial charge >= 0.3 is 12.3 Å². The molecule has 1 aromatic rings. The number of amidine groups is 1. The summed E-state index contributed by atoms with van der Waals surface area (Å²) < 4.78 is 70.0. The fourth-order valence-electron chi connectivity index (χ4n) is 5.56. The number of hydrogen-bond acceptors (Lipinski definition) is 6. The fourth-order valence-corrected chi connectivity index (χ4v) is 6.73. The Morgan fingerprint density at radius 2 is 1.60 bits per heavy atom. The van der Waals surface area contributed by atoms with Crippen LogP contribution in [0.15, 0.2) is 22.5 Å². The van der Waals surface area contributed by atoms with E-state index in [2.05, 4.69) is 10.3 Å². The Labute approximate surface area is 265 Å². The van der Waals surface area contributed by atoms with Crippen molar-refractivity contribution >= 4 is 39.6 Å². The summed E-state index contributed by atoms with van der Waals surface area (Å²) in [7, 11) is -2.14. The van der Waals surface area contributed by atoms with E-state index in [1.165, 1.54) is 14.6 Å². The van der Waals surface area contributed by atoms with Crippen LogP contribution in [0.2, 0.25) is 0 Å². The van der Waals surface area contributed by atoms with Crippen molar-refractivity contribution in [1.29, 1.82) is 0 Å². The van der Waals surface area contributed by atoms with Crippen LogP contribution in [-0.2, 0) is 19.6 Å². The maximum atomic E-state index is 13.2. The number of unbranched alkanes of at least 4 members (excludes halogenated alkanes) is 5. The number of benzene rings is 1. The van der Waals surface area contributed by atoms with Crippen molar-refractivity contribution in [2.24, 2.45) is 4.99 Å². The first-order valence-electron chi connectivity index (χ1n) is 15.6. The van der Waals surface area contributed by atoms with Crippen LogP contribution >= 0.6 is 0 Å². The Morgan fingerprint density at radius 3 is 2.16 bits per heavy atom. The molecule has 0 aromatic heterocycles. The number of nitrogens with one attached hydrogen (secondary N) is 1. The molecule has 1 N–H and O–H groups in total. The van der Waals surface area contributed by atoms with Gasteiger partial charge in [0.05, 0.1) is 0 Å². The van der Waals surface area contributed by atoms with Gasteiger partial charge in [0.25, 0.3) is 5.91 Å². The van der Waals surface area contributed by atoms with E-state index in [1.807, 2.05) is 13.8 Å². The number of nitrogens with zero attached hydrogens (tertiary/aromatic N) is 3. The van der Waals surface area contributed by atoms with E-state index in [1.54, 1.807) is 46.0 Å². The summed E-state index contributed by atoms with van der Waals surface area (Å²) in [6, 6.07) is 3.61. The molecule has 0 unspecified atom stereocenters. The van der Waals surface area contributed by atoms with Crippen LogP contribution in [0, 0.1) is 13.8 Å². The van der Waals surface area contributed by atoms with Crippen molar-refractivity contribution < 1.29 is 35.9 Å². The van der Waals surface area contributed by atoms with Gasteiger partial charge in [-0.1, -0.05) is 25.7 Å². The maximum absolute atomic E-state index is 13.2. The fraction of sp³-hybridized carbons (Fsp3) is 0.656. The first-order chi connectivity index (χ1) is 20.8. The first kappa shape index (κ1) is 36.5. The van der Waals surface area contributed by atoms with E-state index in [4.69, 9.17) is 4.74 Å². The summed E-state index contributed by atoms with van der Waals surface area (Å²) in [4.78, 5) is 31.4. The molecule has 1 saturated heterocycles. The highest BCUT2D eigenvalue weighted by atomic mass is 32.2. The van der Waals surface area contributed by atoms with Crippen LogP contribution in [0.5, 0.6) is 0 Å². The molecule has 1 fully saturated rings. The molecule has 2 amide bonds. The van der Waals surface area contributed by atoms with Gasteiger partial charge in [0.2, 0.25) is 10.0 Å². The van der Waals surface area contributed by atoms with Crippen LogP contribution in [0.1, 0.15) is 102 Å². The third-order valence-electron chi connectivity index (χ3n) is 8.10. The molecule has 0 aliphatic carbocycles. The molecule has 9 nitrogen and oxygen atoms in total. The monoisotopic (exact) mass is 656 g/mol. The van der Waals surface area contributed by atoms with Crippen LogP contribution in [-0.4, -0.2) is 68.0 Å². The number of ether oxygens (including phenoxy) is 1. The Kier molecular flexibility index (Phi) is 11.9. The van der Waals surface area contributed by atoms with Crippen molar-refractivity contribution in [2.75, 3.05) is 25.0 Å². The zero-order valence-corrected chi connectivity index (χ0v) is 28.0. The average Bonchev–Trinajstić information content (AvgIpc) is 3.21. The van der Waals surface area contributed by atoms with Crippen molar-refractivity contribution in [3.8, 4) is 0 Å². The second-order valence-electron chi connectivity index (χ2n) is 13.1. The Bertz CT molecular complexity index is 1370. The zero-order chi connectivity index (χ0) is 33.6. The topological polar surface area (TPSA) is 108 Å². The van der Waals surface area contributed by atoms with Crippen LogP contribution in [0.25, 0.3) is 6.08 Å². The summed E-state index contributed by atoms with van der Waals surface area (Å²) in [6.07, 6.45) is 1.26. The van der Waals surface area contributed by atoms with E-state index < -0.39 is 39.9 Å². The van der Waals surface area contributed by atoms with Gasteiger partial charge < -0.3 is 10.1 Å². The third-order valence-corrected chi connectivity index (χ3v) is 9.67. The molecule has 0 bridgehead atoms. The summed E-state index contributed by atoms with van der Waals surface area (Å²) in [5.74, 6) is 0.389. The van der Waals surface area contributed by atoms with Gasteiger partial charge in [-0.3, -0.25) is 14.7 Å². The predicted octanol–water partition coefficient (Wildman–Crippen LogP) is 7.02. The second-order valence-corrected chi connectivity index (χ2v) is 14.9. The number of anilines is 1. The van der Waals surface area contributed by atoms with Gasteiger partial charge in [-0.2, -0.15) is 17.5 Å². The van der Waals surface area contributed by atoms with E-state index in [-0.39, 0.29) is 38.3 Å². The normalized spacial score (nSPS) is 17.5. The Hall–Kier alpha value is -2.93. The molecule has 0 atom stereocenters. The highest BCUT2D eigenvalue weighted by Gasteiger charge is 2.46. The molecule has 2 heterocycles. The van der Waals surface area contributed by atoms with E-state index in [9.17, 15) is 31.2 Å². The first-order valence-corrected chi connectivity index (χ1v) is 17.1. The molecule has 1 spiro atoms. The number of sulfonamides is 1. The average molecular weight is 657 g/mol. The second kappa shape index (κ2) is 14.7. The molecule has 45 heavy (non-hydrogen) atoms. The van der Waals surface area contributed by atoms with Gasteiger partial charge in [-0.05, 0) is 95.2 Å². The van der Waals surface area contributed by atoms with Crippen LogP contribution in [0.3, 0.4) is 0 Å². The van der Waals surface area contributed by atoms with E-state index in [0.29, 0.717) is 24.4 Å². The number of aryl methyl sites for hydroxylation is 2. The predicted molar refractivity (Wildman–Crippen MR) is 171 cm³/mol. The lowest BCUT2D eigenvalue weighted by atomic mass is 9.89. The summed E-state index contributed by atoms with van der Waals surface area (Å²) in [6.45, 7) is 9.40. The van der Waals surface area contributed by atoms with Gasteiger partial charge in [0.15, 0.2) is 0 Å². The molecule has 1 aromatic carbocycles. The van der Waals surface area contributed by atoms with Gasteiger partial charge in [0.1, 0.15) is 17.0 Å². The Morgan fingerprint density at radius 1 is 1.04 bits per heavy atom. The van der Waals surface area contributed by atoms with Crippen molar-refractivity contribution in [1.82, 2.24) is 9.62 Å². The number of rotatable bonds is 12. The Balaban J connectivity index is 1.53. The molecule has 0 saturated carbocycles. The minimum absolute atomic E-state index is 0.152. The number of carbonyl (C=O) groups is 2. The molecular weight excluding hydrogens is 609 g/mol. The van der Waals surface area contributed by atoms with Gasteiger partial charge in [0, 0.05) is 44.1 Å². The molecular formula is C32H47F3N4O5S. The van der Waals surface area contributed by atoms with Crippen molar-refractivity contribution in [2.45, 2.75) is 116 Å². The number of carbonyl (C=O) groups excluding carboxylic acids is 2. The lowest BCUT2D eigenvalue weighted by Gasteiger charge is -2.34. The molecule has 2 aliphatic rings. The highest BCUT2D eigenvalue weighted by molar-refractivity contribution is 7.92.